The Kier molecular flexibility index (Phi) is 6.16. The van der Waals surface area contributed by atoms with Crippen LogP contribution in [0.2, 0.25) is 0 Å². The maximum atomic E-state index is 12.9. The number of piperidine rings is 1. The molecular weight excluding hydrogens is 426 g/mol. The number of anilines is 1. The summed E-state index contributed by atoms with van der Waals surface area (Å²) in [6.45, 7) is 4.13. The molecule has 2 aromatic heterocycles. The van der Waals surface area contributed by atoms with E-state index in [0.717, 1.165) is 53.3 Å². The van der Waals surface area contributed by atoms with Gasteiger partial charge in [-0.2, -0.15) is 5.10 Å². The number of aryl methyl sites for hydroxylation is 1. The molecule has 4 aromatic rings. The Hall–Kier alpha value is -3.87. The molecule has 174 valence electrons. The number of benzene rings is 2. The minimum Gasteiger partial charge on any atom is -0.497 e. The molecule has 1 atom stereocenters. The lowest BCUT2D eigenvalue weighted by Crippen LogP contribution is -2.43. The van der Waals surface area contributed by atoms with Crippen molar-refractivity contribution in [2.75, 3.05) is 25.1 Å². The minimum atomic E-state index is -0.0676. The Morgan fingerprint density at radius 1 is 1.18 bits per heavy atom. The van der Waals surface area contributed by atoms with Crippen molar-refractivity contribution in [1.82, 2.24) is 19.9 Å². The number of rotatable bonds is 6. The fraction of sp³-hybridized carbons (Fsp3) is 0.296. The highest BCUT2D eigenvalue weighted by Crippen LogP contribution is 2.29. The van der Waals surface area contributed by atoms with Crippen LogP contribution in [0.15, 0.2) is 67.0 Å². The lowest BCUT2D eigenvalue weighted by Gasteiger charge is -2.33. The summed E-state index contributed by atoms with van der Waals surface area (Å²) in [5, 5.41) is 7.87. The van der Waals surface area contributed by atoms with Crippen molar-refractivity contribution in [3.8, 4) is 17.0 Å². The topological polar surface area (TPSA) is 71.8 Å². The third-order valence-corrected chi connectivity index (χ3v) is 6.41. The fourth-order valence-electron chi connectivity index (χ4n) is 4.50. The molecule has 1 amide bonds. The predicted molar refractivity (Wildman–Crippen MR) is 133 cm³/mol. The number of carbonyl (C=O) groups excluding carboxylic acids is 1. The molecule has 1 aliphatic rings. The molecule has 0 saturated carbocycles. The standard InChI is InChI=1S/C27H29N5O2/c1-19-8-10-20(11-9-19)17-29-27(33)22-6-4-13-31(18-22)26-25-16-24(30-32(25)14-12-28-26)21-5-3-7-23(15-21)34-2/h3,5,7-12,14-16,22H,4,6,13,17-18H2,1-2H3,(H,29,33)/t22-/m0/s1. The van der Waals surface area contributed by atoms with Gasteiger partial charge in [-0.05, 0) is 43.5 Å². The van der Waals surface area contributed by atoms with Crippen LogP contribution in [0.1, 0.15) is 24.0 Å². The van der Waals surface area contributed by atoms with Crippen molar-refractivity contribution in [2.24, 2.45) is 5.92 Å². The molecule has 0 unspecified atom stereocenters. The van der Waals surface area contributed by atoms with E-state index < -0.39 is 0 Å². The van der Waals surface area contributed by atoms with E-state index >= 15 is 0 Å². The molecule has 3 heterocycles. The van der Waals surface area contributed by atoms with E-state index in [1.165, 1.54) is 5.56 Å². The average molecular weight is 456 g/mol. The zero-order valence-corrected chi connectivity index (χ0v) is 19.6. The monoisotopic (exact) mass is 455 g/mol. The Bertz CT molecular complexity index is 1300. The van der Waals surface area contributed by atoms with Gasteiger partial charge in [0.1, 0.15) is 11.3 Å². The molecule has 2 aromatic carbocycles. The smallest absolute Gasteiger partial charge is 0.225 e. The van der Waals surface area contributed by atoms with Crippen LogP contribution in [0.5, 0.6) is 5.75 Å². The van der Waals surface area contributed by atoms with E-state index in [1.54, 1.807) is 13.3 Å². The summed E-state index contributed by atoms with van der Waals surface area (Å²) < 4.78 is 7.22. The number of hydrogen-bond acceptors (Lipinski definition) is 5. The quantitative estimate of drug-likeness (QED) is 0.471. The van der Waals surface area contributed by atoms with Crippen LogP contribution in [-0.4, -0.2) is 40.7 Å². The largest absolute Gasteiger partial charge is 0.497 e. The lowest BCUT2D eigenvalue weighted by atomic mass is 9.97. The van der Waals surface area contributed by atoms with Gasteiger partial charge < -0.3 is 15.0 Å². The molecular formula is C27H29N5O2. The van der Waals surface area contributed by atoms with E-state index in [0.29, 0.717) is 13.1 Å². The highest BCUT2D eigenvalue weighted by Gasteiger charge is 2.27. The Morgan fingerprint density at radius 2 is 2.03 bits per heavy atom. The van der Waals surface area contributed by atoms with E-state index in [1.807, 2.05) is 35.0 Å². The molecule has 7 heteroatoms. The van der Waals surface area contributed by atoms with Crippen molar-refractivity contribution < 1.29 is 9.53 Å². The van der Waals surface area contributed by atoms with Gasteiger partial charge in [0.15, 0.2) is 5.82 Å². The minimum absolute atomic E-state index is 0.0676. The lowest BCUT2D eigenvalue weighted by molar-refractivity contribution is -0.125. The number of carbonyl (C=O) groups is 1. The van der Waals surface area contributed by atoms with Gasteiger partial charge in [0, 0.05) is 37.6 Å². The third kappa shape index (κ3) is 4.59. The van der Waals surface area contributed by atoms with E-state index in [9.17, 15) is 4.79 Å². The third-order valence-electron chi connectivity index (χ3n) is 6.41. The second kappa shape index (κ2) is 9.55. The Balaban J connectivity index is 1.33. The van der Waals surface area contributed by atoms with Gasteiger partial charge in [-0.15, -0.1) is 0 Å². The Labute approximate surface area is 199 Å². The zero-order valence-electron chi connectivity index (χ0n) is 19.6. The summed E-state index contributed by atoms with van der Waals surface area (Å²) in [6, 6.07) is 18.2. The summed E-state index contributed by atoms with van der Waals surface area (Å²) in [5.74, 6) is 1.69. The van der Waals surface area contributed by atoms with Crippen LogP contribution < -0.4 is 15.0 Å². The molecule has 0 radical (unpaired) electrons. The average Bonchev–Trinajstić information content (AvgIpc) is 3.33. The first-order valence-corrected chi connectivity index (χ1v) is 11.7. The second-order valence-electron chi connectivity index (χ2n) is 8.83. The SMILES string of the molecule is COc1cccc(-c2cc3c(N4CCC[C@H](C(=O)NCc5ccc(C)cc5)C4)nccn3n2)c1. The number of fused-ring (bicyclic) bond motifs is 1. The van der Waals surface area contributed by atoms with Crippen LogP contribution >= 0.6 is 0 Å². The van der Waals surface area contributed by atoms with Crippen LogP contribution in [0, 0.1) is 12.8 Å². The molecule has 34 heavy (non-hydrogen) atoms. The van der Waals surface area contributed by atoms with Crippen LogP contribution in [0.4, 0.5) is 5.82 Å². The number of aromatic nitrogens is 3. The van der Waals surface area contributed by atoms with Crippen molar-refractivity contribution in [3.63, 3.8) is 0 Å². The van der Waals surface area contributed by atoms with Crippen molar-refractivity contribution in [1.29, 1.82) is 0 Å². The highest BCUT2D eigenvalue weighted by molar-refractivity contribution is 5.81. The molecule has 1 saturated heterocycles. The number of ether oxygens (including phenoxy) is 1. The number of nitrogens with one attached hydrogen (secondary N) is 1. The van der Waals surface area contributed by atoms with Crippen LogP contribution in [0.25, 0.3) is 16.8 Å². The molecule has 0 aliphatic carbocycles. The molecule has 1 aliphatic heterocycles. The zero-order chi connectivity index (χ0) is 23.5. The van der Waals surface area contributed by atoms with Gasteiger partial charge in [-0.1, -0.05) is 42.0 Å². The first-order valence-electron chi connectivity index (χ1n) is 11.7. The highest BCUT2D eigenvalue weighted by atomic mass is 16.5. The van der Waals surface area contributed by atoms with Gasteiger partial charge in [0.05, 0.1) is 18.7 Å². The van der Waals surface area contributed by atoms with E-state index in [2.05, 4.69) is 52.5 Å². The first-order chi connectivity index (χ1) is 16.6. The van der Waals surface area contributed by atoms with Crippen LogP contribution in [0.3, 0.4) is 0 Å². The Morgan fingerprint density at radius 3 is 2.85 bits per heavy atom. The maximum absolute atomic E-state index is 12.9. The van der Waals surface area contributed by atoms with E-state index in [-0.39, 0.29) is 11.8 Å². The van der Waals surface area contributed by atoms with Crippen molar-refractivity contribution in [3.05, 3.63) is 78.1 Å². The second-order valence-corrected chi connectivity index (χ2v) is 8.83. The fourth-order valence-corrected chi connectivity index (χ4v) is 4.50. The van der Waals surface area contributed by atoms with E-state index in [4.69, 9.17) is 9.84 Å². The van der Waals surface area contributed by atoms with Gasteiger partial charge in [0.2, 0.25) is 5.91 Å². The van der Waals surface area contributed by atoms with Crippen molar-refractivity contribution in [2.45, 2.75) is 26.3 Å². The maximum Gasteiger partial charge on any atom is 0.225 e. The number of hydrogen-bond donors (Lipinski definition) is 1. The number of nitrogens with zero attached hydrogens (tertiary/aromatic N) is 4. The predicted octanol–water partition coefficient (Wildman–Crippen LogP) is 4.25. The number of methoxy groups -OCH3 is 1. The van der Waals surface area contributed by atoms with Crippen molar-refractivity contribution >= 4 is 17.2 Å². The molecule has 7 nitrogen and oxygen atoms in total. The molecule has 0 spiro atoms. The summed E-state index contributed by atoms with van der Waals surface area (Å²) in [5.41, 5.74) is 5.11. The summed E-state index contributed by atoms with van der Waals surface area (Å²) in [7, 11) is 1.66. The molecule has 5 rings (SSSR count). The molecule has 1 N–H and O–H groups in total. The van der Waals surface area contributed by atoms with Gasteiger partial charge in [-0.3, -0.25) is 4.79 Å². The van der Waals surface area contributed by atoms with Gasteiger partial charge in [-0.25, -0.2) is 9.50 Å². The molecule has 1 fully saturated rings. The number of amides is 1. The summed E-state index contributed by atoms with van der Waals surface area (Å²) in [4.78, 5) is 19.8. The van der Waals surface area contributed by atoms with Crippen LogP contribution in [-0.2, 0) is 11.3 Å². The summed E-state index contributed by atoms with van der Waals surface area (Å²) in [6.07, 6.45) is 5.46. The summed E-state index contributed by atoms with van der Waals surface area (Å²) >= 11 is 0. The van der Waals surface area contributed by atoms with Gasteiger partial charge in [0.25, 0.3) is 0 Å². The van der Waals surface area contributed by atoms with Gasteiger partial charge >= 0.3 is 0 Å². The molecule has 0 bridgehead atoms. The first kappa shape index (κ1) is 21.9. The normalized spacial score (nSPS) is 15.9.